The fraction of sp³-hybridized carbons (Fsp3) is 0.0714. The molecular weight excluding hydrogens is 212 g/mol. The summed E-state index contributed by atoms with van der Waals surface area (Å²) in [6.07, 6.45) is 3.61. The molecule has 0 fully saturated rings. The molecule has 83 valence electrons. The maximum atomic E-state index is 5.79. The zero-order valence-corrected chi connectivity index (χ0v) is 9.18. The second kappa shape index (κ2) is 4.29. The van der Waals surface area contributed by atoms with E-state index in [1.165, 1.54) is 0 Å². The summed E-state index contributed by atoms with van der Waals surface area (Å²) in [4.78, 5) is 7.28. The molecule has 17 heavy (non-hydrogen) atoms. The van der Waals surface area contributed by atoms with Crippen LogP contribution in [0.1, 0.15) is 5.56 Å². The number of H-pyrrole nitrogens is 1. The molecule has 2 heterocycles. The maximum Gasteiger partial charge on any atom is 0.140 e. The van der Waals surface area contributed by atoms with Crippen molar-refractivity contribution in [2.45, 2.75) is 6.61 Å². The first-order chi connectivity index (χ1) is 8.43. The molecule has 0 aliphatic rings. The van der Waals surface area contributed by atoms with E-state index >= 15 is 0 Å². The molecule has 2 aromatic heterocycles. The number of aromatic nitrogens is 2. The van der Waals surface area contributed by atoms with Gasteiger partial charge < -0.3 is 9.72 Å². The molecule has 3 heteroatoms. The normalized spacial score (nSPS) is 10.6. The molecule has 3 rings (SSSR count). The molecule has 1 N–H and O–H groups in total. The van der Waals surface area contributed by atoms with E-state index in [-0.39, 0.29) is 0 Å². The van der Waals surface area contributed by atoms with Gasteiger partial charge in [0.15, 0.2) is 0 Å². The van der Waals surface area contributed by atoms with E-state index < -0.39 is 0 Å². The van der Waals surface area contributed by atoms with Crippen molar-refractivity contribution < 1.29 is 4.74 Å². The number of nitrogens with one attached hydrogen (secondary N) is 1. The van der Waals surface area contributed by atoms with Crippen molar-refractivity contribution in [2.75, 3.05) is 0 Å². The molecule has 1 radical (unpaired) electrons. The van der Waals surface area contributed by atoms with Crippen LogP contribution in [0.5, 0.6) is 5.75 Å². The van der Waals surface area contributed by atoms with Crippen LogP contribution >= 0.6 is 0 Å². The van der Waals surface area contributed by atoms with Crippen molar-refractivity contribution in [3.05, 3.63) is 60.4 Å². The Hall–Kier alpha value is -2.29. The molecule has 0 aliphatic heterocycles. The number of nitrogens with zero attached hydrogens (tertiary/aromatic N) is 1. The number of pyridine rings is 1. The van der Waals surface area contributed by atoms with Gasteiger partial charge in [0.25, 0.3) is 0 Å². The van der Waals surface area contributed by atoms with Crippen molar-refractivity contribution in [2.24, 2.45) is 0 Å². The highest BCUT2D eigenvalue weighted by Crippen LogP contribution is 2.23. The van der Waals surface area contributed by atoms with Crippen LogP contribution in [0.25, 0.3) is 11.0 Å². The summed E-state index contributed by atoms with van der Waals surface area (Å²) in [6.45, 7) is 0.555. The Bertz CT molecular complexity index is 616. The molecule has 0 saturated heterocycles. The van der Waals surface area contributed by atoms with Gasteiger partial charge in [0.05, 0.1) is 5.39 Å². The van der Waals surface area contributed by atoms with Gasteiger partial charge in [-0.25, -0.2) is 4.98 Å². The second-order valence-corrected chi connectivity index (χ2v) is 3.75. The number of aromatic amines is 1. The van der Waals surface area contributed by atoms with Crippen LogP contribution in [-0.4, -0.2) is 9.97 Å². The van der Waals surface area contributed by atoms with E-state index in [2.05, 4.69) is 16.0 Å². The lowest BCUT2D eigenvalue weighted by atomic mass is 10.2. The van der Waals surface area contributed by atoms with Crippen LogP contribution < -0.4 is 4.74 Å². The van der Waals surface area contributed by atoms with E-state index in [0.29, 0.717) is 6.61 Å². The molecule has 1 aromatic carbocycles. The van der Waals surface area contributed by atoms with E-state index in [1.807, 2.05) is 42.6 Å². The number of hydrogen-bond acceptors (Lipinski definition) is 2. The zero-order valence-electron chi connectivity index (χ0n) is 9.18. The average molecular weight is 223 g/mol. The predicted molar refractivity (Wildman–Crippen MR) is 65.7 cm³/mol. The third-order valence-electron chi connectivity index (χ3n) is 2.60. The molecule has 0 atom stereocenters. The fourth-order valence-electron chi connectivity index (χ4n) is 1.74. The summed E-state index contributed by atoms with van der Waals surface area (Å²) in [7, 11) is 0. The van der Waals surface area contributed by atoms with Crippen LogP contribution in [0.15, 0.2) is 48.8 Å². The van der Waals surface area contributed by atoms with Crippen LogP contribution in [0.2, 0.25) is 0 Å². The van der Waals surface area contributed by atoms with Gasteiger partial charge in [-0.2, -0.15) is 0 Å². The molecule has 0 amide bonds. The third kappa shape index (κ3) is 1.99. The molecule has 0 aliphatic carbocycles. The second-order valence-electron chi connectivity index (χ2n) is 3.75. The Morgan fingerprint density at radius 3 is 2.94 bits per heavy atom. The van der Waals surface area contributed by atoms with Crippen LogP contribution in [-0.2, 0) is 6.61 Å². The van der Waals surface area contributed by atoms with E-state index in [4.69, 9.17) is 4.74 Å². The number of hydrogen-bond donors (Lipinski definition) is 1. The van der Waals surface area contributed by atoms with Gasteiger partial charge in [0, 0.05) is 12.4 Å². The van der Waals surface area contributed by atoms with Gasteiger partial charge in [-0.05, 0) is 23.8 Å². The lowest BCUT2D eigenvalue weighted by Gasteiger charge is -2.06. The van der Waals surface area contributed by atoms with E-state index in [1.54, 1.807) is 6.20 Å². The van der Waals surface area contributed by atoms with E-state index in [9.17, 15) is 0 Å². The monoisotopic (exact) mass is 223 g/mol. The summed E-state index contributed by atoms with van der Waals surface area (Å²) in [5.41, 5.74) is 1.98. The van der Waals surface area contributed by atoms with Crippen molar-refractivity contribution in [3.63, 3.8) is 0 Å². The molecule has 3 nitrogen and oxygen atoms in total. The first kappa shape index (κ1) is 9.90. The summed E-state index contributed by atoms with van der Waals surface area (Å²) in [5, 5.41) is 1.01. The largest absolute Gasteiger partial charge is 0.488 e. The number of fused-ring (bicyclic) bond motifs is 1. The minimum Gasteiger partial charge on any atom is -0.488 e. The summed E-state index contributed by atoms with van der Waals surface area (Å²) >= 11 is 0. The molecular formula is C14H11N2O. The predicted octanol–water partition coefficient (Wildman–Crippen LogP) is 2.94. The Labute approximate surface area is 99.1 Å². The topological polar surface area (TPSA) is 37.9 Å². The highest BCUT2D eigenvalue weighted by atomic mass is 16.5. The summed E-state index contributed by atoms with van der Waals surface area (Å²) < 4.78 is 5.79. The van der Waals surface area contributed by atoms with Gasteiger partial charge in [0.2, 0.25) is 0 Å². The van der Waals surface area contributed by atoms with Gasteiger partial charge in [0.1, 0.15) is 18.0 Å². The Balaban J connectivity index is 1.84. The van der Waals surface area contributed by atoms with Crippen molar-refractivity contribution in [1.29, 1.82) is 0 Å². The standard InChI is InChI=1S/C14H11N2O/c1-2-4-11(5-3-1)10-17-13-7-9-16-14-12(13)6-8-15-14/h2-9H,10H2,(H,15,16). The Morgan fingerprint density at radius 2 is 2.06 bits per heavy atom. The Morgan fingerprint density at radius 1 is 1.18 bits per heavy atom. The van der Waals surface area contributed by atoms with E-state index in [0.717, 1.165) is 22.3 Å². The van der Waals surface area contributed by atoms with Gasteiger partial charge in [-0.15, -0.1) is 0 Å². The first-order valence-corrected chi connectivity index (χ1v) is 5.43. The van der Waals surface area contributed by atoms with Crippen LogP contribution in [0, 0.1) is 6.07 Å². The number of benzene rings is 1. The highest BCUT2D eigenvalue weighted by Gasteiger charge is 2.03. The Kier molecular flexibility index (Phi) is 2.50. The van der Waals surface area contributed by atoms with Crippen molar-refractivity contribution in [1.82, 2.24) is 9.97 Å². The minimum atomic E-state index is 0.555. The SMILES string of the molecule is [c]1ccc(COc2ccnc3[nH]ccc23)cc1. The smallest absolute Gasteiger partial charge is 0.140 e. The average Bonchev–Trinajstić information content (AvgIpc) is 2.86. The van der Waals surface area contributed by atoms with Crippen molar-refractivity contribution >= 4 is 11.0 Å². The lowest BCUT2D eigenvalue weighted by molar-refractivity contribution is 0.310. The molecule has 0 saturated carbocycles. The van der Waals surface area contributed by atoms with Crippen molar-refractivity contribution in [3.8, 4) is 5.75 Å². The zero-order chi connectivity index (χ0) is 11.5. The highest BCUT2D eigenvalue weighted by molar-refractivity contribution is 5.82. The minimum absolute atomic E-state index is 0.555. The lowest BCUT2D eigenvalue weighted by Crippen LogP contribution is -1.95. The molecule has 0 unspecified atom stereocenters. The molecule has 0 spiro atoms. The van der Waals surface area contributed by atoms with Gasteiger partial charge in [-0.3, -0.25) is 0 Å². The summed E-state index contributed by atoms with van der Waals surface area (Å²) in [6, 6.07) is 14.6. The van der Waals surface area contributed by atoms with Crippen LogP contribution in [0.3, 0.4) is 0 Å². The molecule has 0 bridgehead atoms. The quantitative estimate of drug-likeness (QED) is 0.741. The number of ether oxygens (including phenoxy) is 1. The van der Waals surface area contributed by atoms with Crippen LogP contribution in [0.4, 0.5) is 0 Å². The van der Waals surface area contributed by atoms with Gasteiger partial charge >= 0.3 is 0 Å². The van der Waals surface area contributed by atoms with Gasteiger partial charge in [-0.1, -0.05) is 24.3 Å². The maximum absolute atomic E-state index is 5.79. The third-order valence-corrected chi connectivity index (χ3v) is 2.60. The molecule has 3 aromatic rings. The fourth-order valence-corrected chi connectivity index (χ4v) is 1.74. The first-order valence-electron chi connectivity index (χ1n) is 5.43. The summed E-state index contributed by atoms with van der Waals surface area (Å²) in [5.74, 6) is 0.851. The number of rotatable bonds is 3.